The second kappa shape index (κ2) is 6.92. The first-order valence-corrected chi connectivity index (χ1v) is 7.25. The van der Waals surface area contributed by atoms with E-state index in [-0.39, 0.29) is 30.8 Å². The quantitative estimate of drug-likeness (QED) is 0.406. The van der Waals surface area contributed by atoms with E-state index in [9.17, 15) is 18.3 Å². The van der Waals surface area contributed by atoms with Gasteiger partial charge in [-0.25, -0.2) is 8.42 Å². The van der Waals surface area contributed by atoms with E-state index >= 15 is 0 Å². The van der Waals surface area contributed by atoms with Crippen molar-refractivity contribution in [2.45, 2.75) is 31.3 Å². The molecule has 1 atom stereocenters. The van der Waals surface area contributed by atoms with Crippen molar-refractivity contribution in [3.63, 3.8) is 0 Å². The molecule has 0 N–H and O–H groups in total. The molecule has 0 aromatic carbocycles. The molecule has 0 amide bonds. The number of piperidine rings is 1. The molecule has 0 saturated carbocycles. The molecular formula is C10H17LiN2O4S. The second-order valence-electron chi connectivity index (χ2n) is 4.68. The molecule has 1 unspecified atom stereocenters. The summed E-state index contributed by atoms with van der Waals surface area (Å²) < 4.78 is 21.2. The number of carboxylic acid groups (broad SMARTS) is 1. The van der Waals surface area contributed by atoms with Crippen molar-refractivity contribution >= 4 is 16.7 Å². The molecule has 18 heavy (non-hydrogen) atoms. The van der Waals surface area contributed by atoms with Crippen molar-refractivity contribution in [2.75, 3.05) is 25.5 Å². The van der Waals surface area contributed by atoms with Crippen molar-refractivity contribution in [3.8, 4) is 0 Å². The Balaban J connectivity index is 0.00000162. The molecule has 0 spiro atoms. The Kier molecular flexibility index (Phi) is 6.15. The van der Waals surface area contributed by atoms with Gasteiger partial charge in [-0.2, -0.15) is 0 Å². The minimum atomic E-state index is -2.35. The first-order chi connectivity index (χ1) is 8.08. The maximum Gasteiger partial charge on any atom is 1.00 e. The van der Waals surface area contributed by atoms with Crippen LogP contribution in [0.4, 0.5) is 0 Å². The van der Waals surface area contributed by atoms with Crippen LogP contribution < -0.4 is 24.0 Å². The molecule has 0 aromatic rings. The topological polar surface area (TPSA) is 80.8 Å². The fourth-order valence-electron chi connectivity index (χ4n) is 2.65. The Morgan fingerprint density at radius 3 is 2.17 bits per heavy atom. The van der Waals surface area contributed by atoms with Crippen LogP contribution in [0.2, 0.25) is 0 Å². The molecule has 0 aromatic heterocycles. The number of nitrogens with zero attached hydrogens (tertiary/aromatic N) is 2. The number of carboxylic acids is 1. The zero-order valence-corrected chi connectivity index (χ0v) is 11.5. The Bertz CT molecular complexity index is 361. The monoisotopic (exact) mass is 268 g/mol. The summed E-state index contributed by atoms with van der Waals surface area (Å²) in [6.45, 7) is 2.27. The summed E-state index contributed by atoms with van der Waals surface area (Å²) in [6, 6.07) is -0.157. The summed E-state index contributed by atoms with van der Waals surface area (Å²) in [5, 5.41) is 10.8. The maximum atomic E-state index is 10.8. The van der Waals surface area contributed by atoms with Crippen LogP contribution in [0.3, 0.4) is 0 Å². The zero-order chi connectivity index (χ0) is 12.4. The van der Waals surface area contributed by atoms with Crippen LogP contribution in [0.1, 0.15) is 19.3 Å². The summed E-state index contributed by atoms with van der Waals surface area (Å²) >= 11 is 0. The Hall–Kier alpha value is -0.0626. The van der Waals surface area contributed by atoms with Crippen molar-refractivity contribution in [3.05, 3.63) is 0 Å². The van der Waals surface area contributed by atoms with Crippen LogP contribution in [0.5, 0.6) is 0 Å². The van der Waals surface area contributed by atoms with E-state index in [1.165, 1.54) is 0 Å². The van der Waals surface area contributed by atoms with Gasteiger partial charge in [0.25, 0.3) is 0 Å². The van der Waals surface area contributed by atoms with E-state index in [0.29, 0.717) is 6.42 Å². The molecule has 98 valence electrons. The van der Waals surface area contributed by atoms with Crippen molar-refractivity contribution in [2.24, 2.45) is 0 Å². The van der Waals surface area contributed by atoms with Gasteiger partial charge in [-0.15, -0.1) is 0 Å². The molecule has 2 aliphatic heterocycles. The number of hydrogen-bond acceptors (Lipinski definition) is 6. The number of hydrogen-bond donors (Lipinski definition) is 1. The van der Waals surface area contributed by atoms with Crippen LogP contribution in [-0.4, -0.2) is 61.8 Å². The molecular weight excluding hydrogens is 251 g/mol. The third kappa shape index (κ3) is 3.72. The maximum absolute atomic E-state index is 10.8. The van der Waals surface area contributed by atoms with E-state index < -0.39 is 22.7 Å². The van der Waals surface area contributed by atoms with Gasteiger partial charge in [0.05, 0.1) is 17.9 Å². The smallest absolute Gasteiger partial charge is 0.548 e. The number of carbonyl (C=O) groups excluding carboxylic acids is 1. The van der Waals surface area contributed by atoms with Gasteiger partial charge in [-0.05, 0) is 19.3 Å². The minimum Gasteiger partial charge on any atom is -0.548 e. The Morgan fingerprint density at radius 2 is 1.78 bits per heavy atom. The predicted octanol–water partition coefficient (Wildman–Crippen LogP) is -5.15. The van der Waals surface area contributed by atoms with Crippen LogP contribution in [0, 0.1) is 0 Å². The predicted molar refractivity (Wildman–Crippen MR) is 59.9 cm³/mol. The first-order valence-electron chi connectivity index (χ1n) is 5.88. The van der Waals surface area contributed by atoms with Gasteiger partial charge < -0.3 is 9.90 Å². The summed E-state index contributed by atoms with van der Waals surface area (Å²) in [6.07, 6.45) is 2.36. The fourth-order valence-corrected chi connectivity index (χ4v) is 3.26. The molecule has 0 bridgehead atoms. The Morgan fingerprint density at radius 1 is 1.17 bits per heavy atom. The molecule has 2 rings (SSSR count). The van der Waals surface area contributed by atoms with Gasteiger partial charge in [0, 0.05) is 25.7 Å². The van der Waals surface area contributed by atoms with E-state index in [0.717, 1.165) is 32.5 Å². The number of rotatable bonds is 4. The van der Waals surface area contributed by atoms with E-state index in [1.54, 1.807) is 0 Å². The summed E-state index contributed by atoms with van der Waals surface area (Å²) in [7, 11) is -2.35. The molecule has 2 saturated heterocycles. The van der Waals surface area contributed by atoms with E-state index in [2.05, 4.69) is 0 Å². The fraction of sp³-hybridized carbons (Fsp3) is 0.900. The van der Waals surface area contributed by atoms with Crippen molar-refractivity contribution < 1.29 is 37.2 Å². The molecule has 2 aliphatic rings. The van der Waals surface area contributed by atoms with Gasteiger partial charge in [0.2, 0.25) is 0 Å². The van der Waals surface area contributed by atoms with Crippen LogP contribution in [0.15, 0.2) is 0 Å². The average molecular weight is 268 g/mol. The van der Waals surface area contributed by atoms with Crippen LogP contribution >= 0.6 is 0 Å². The van der Waals surface area contributed by atoms with Gasteiger partial charge in [0.15, 0.2) is 10.7 Å². The molecule has 2 heterocycles. The van der Waals surface area contributed by atoms with Crippen LogP contribution in [0.25, 0.3) is 0 Å². The molecule has 0 aliphatic carbocycles. The number of carbonyl (C=O) groups is 1. The SMILES string of the molecule is O=C([O-])C1CCN1C1CCN(C[SH](=O)=O)CC1.[Li+]. The second-order valence-corrected chi connectivity index (χ2v) is 5.63. The van der Waals surface area contributed by atoms with Crippen molar-refractivity contribution in [1.29, 1.82) is 0 Å². The van der Waals surface area contributed by atoms with Gasteiger partial charge in [-0.1, -0.05) is 0 Å². The molecule has 2 fully saturated rings. The molecule has 0 radical (unpaired) electrons. The van der Waals surface area contributed by atoms with Crippen LogP contribution in [-0.2, 0) is 15.5 Å². The average Bonchev–Trinajstić information content (AvgIpc) is 2.17. The normalized spacial score (nSPS) is 26.6. The first kappa shape index (κ1) is 16.0. The van der Waals surface area contributed by atoms with Gasteiger partial charge in [0.1, 0.15) is 0 Å². The number of thiol groups is 1. The van der Waals surface area contributed by atoms with E-state index in [1.807, 2.05) is 9.80 Å². The van der Waals surface area contributed by atoms with Crippen molar-refractivity contribution in [1.82, 2.24) is 9.80 Å². The number of aliphatic carboxylic acids is 1. The third-order valence-corrected chi connectivity index (χ3v) is 4.31. The summed E-state index contributed by atoms with van der Waals surface area (Å²) in [5.74, 6) is -0.868. The molecule has 6 nitrogen and oxygen atoms in total. The summed E-state index contributed by atoms with van der Waals surface area (Å²) in [5.41, 5.74) is 0. The number of likely N-dealkylation sites (tertiary alicyclic amines) is 2. The minimum absolute atomic E-state index is 0. The Labute approximate surface area is 120 Å². The standard InChI is InChI=1S/C10H18N2O4S.Li/c13-10(14)9-3-6-12(9)8-1-4-11(5-2-8)7-17(15)16;/h8-9,17H,1-7H2,(H,13,14);/q;+1/p-1. The zero-order valence-electron chi connectivity index (χ0n) is 10.6. The van der Waals surface area contributed by atoms with E-state index in [4.69, 9.17) is 0 Å². The third-order valence-electron chi connectivity index (χ3n) is 3.67. The summed E-state index contributed by atoms with van der Waals surface area (Å²) in [4.78, 5) is 14.7. The van der Waals surface area contributed by atoms with Gasteiger partial charge in [-0.3, -0.25) is 9.80 Å². The largest absolute Gasteiger partial charge is 1.00 e. The van der Waals surface area contributed by atoms with Gasteiger partial charge >= 0.3 is 18.9 Å². The molecule has 8 heteroatoms.